The van der Waals surface area contributed by atoms with Gasteiger partial charge in [-0.3, -0.25) is 0 Å². The third-order valence-corrected chi connectivity index (χ3v) is 7.10. The van der Waals surface area contributed by atoms with E-state index in [1.54, 1.807) is 11.8 Å². The van der Waals surface area contributed by atoms with Crippen molar-refractivity contribution in [1.82, 2.24) is 0 Å². The minimum atomic E-state index is -3.01. The van der Waals surface area contributed by atoms with Gasteiger partial charge in [-0.05, 0) is 25.0 Å². The first-order valence-electron chi connectivity index (χ1n) is 5.91. The van der Waals surface area contributed by atoms with Gasteiger partial charge in [-0.25, -0.2) is 8.42 Å². The highest BCUT2D eigenvalue weighted by Gasteiger charge is 2.45. The van der Waals surface area contributed by atoms with E-state index < -0.39 is 9.84 Å². The van der Waals surface area contributed by atoms with Gasteiger partial charge >= 0.3 is 0 Å². The van der Waals surface area contributed by atoms with Crippen molar-refractivity contribution < 1.29 is 8.42 Å². The molecule has 2 bridgehead atoms. The Balaban J connectivity index is 1.91. The van der Waals surface area contributed by atoms with Gasteiger partial charge in [-0.15, -0.1) is 0 Å². The number of hydrogen-bond acceptors (Lipinski definition) is 3. The van der Waals surface area contributed by atoms with Gasteiger partial charge in [-0.2, -0.15) is 0 Å². The molecule has 18 heavy (non-hydrogen) atoms. The lowest BCUT2D eigenvalue weighted by atomic mass is 10.1. The van der Waals surface area contributed by atoms with Crippen molar-refractivity contribution >= 4 is 21.6 Å². The van der Waals surface area contributed by atoms with Crippen molar-refractivity contribution in [3.8, 4) is 0 Å². The number of benzene rings is 1. The molecular weight excluding hydrogens is 264 g/mol. The van der Waals surface area contributed by atoms with Gasteiger partial charge in [0, 0.05) is 9.80 Å². The molecular formula is C14H14O2S2. The Hall–Kier alpha value is -1.00. The lowest BCUT2D eigenvalue weighted by Gasteiger charge is -2.23. The third-order valence-electron chi connectivity index (χ3n) is 3.43. The number of hydrogen-bond donors (Lipinski definition) is 0. The molecule has 3 rings (SSSR count). The summed E-state index contributed by atoms with van der Waals surface area (Å²) < 4.78 is 24.4. The summed E-state index contributed by atoms with van der Waals surface area (Å²) in [7, 11) is -3.01. The van der Waals surface area contributed by atoms with E-state index in [2.05, 4.69) is 6.58 Å². The summed E-state index contributed by atoms with van der Waals surface area (Å²) in [6, 6.07) is 9.92. The van der Waals surface area contributed by atoms with E-state index >= 15 is 0 Å². The van der Waals surface area contributed by atoms with Gasteiger partial charge in [-0.1, -0.05) is 48.2 Å². The van der Waals surface area contributed by atoms with Crippen LogP contribution in [0.15, 0.2) is 58.4 Å². The molecule has 0 spiro atoms. The fourth-order valence-corrected chi connectivity index (χ4v) is 6.25. The molecule has 0 aliphatic carbocycles. The Labute approximate surface area is 112 Å². The molecule has 94 valence electrons. The topological polar surface area (TPSA) is 34.1 Å². The summed E-state index contributed by atoms with van der Waals surface area (Å²) in [6.07, 6.45) is 3.11. The second kappa shape index (κ2) is 4.28. The Bertz CT molecular complexity index is 614. The maximum Gasteiger partial charge on any atom is 0.164 e. The van der Waals surface area contributed by atoms with E-state index in [9.17, 15) is 8.42 Å². The third kappa shape index (κ3) is 1.93. The summed E-state index contributed by atoms with van der Waals surface area (Å²) in [5.41, 5.74) is 1.06. The standard InChI is InChI=1S/C14H14O2S2/c1-10-7-12-9-13(14(8-10)18(12,15)16)17-11-5-3-2-4-6-11/h2-6,9,12,14H,1,7-8H2. The highest BCUT2D eigenvalue weighted by Crippen LogP contribution is 2.45. The van der Waals surface area contributed by atoms with Crippen LogP contribution in [-0.4, -0.2) is 18.9 Å². The molecule has 0 N–H and O–H groups in total. The van der Waals surface area contributed by atoms with E-state index in [1.807, 2.05) is 36.4 Å². The first-order chi connectivity index (χ1) is 8.57. The first kappa shape index (κ1) is 12.1. The number of sulfone groups is 1. The summed E-state index contributed by atoms with van der Waals surface area (Å²) in [6.45, 7) is 3.96. The maximum atomic E-state index is 12.2. The van der Waals surface area contributed by atoms with Crippen LogP contribution in [0.1, 0.15) is 12.8 Å². The van der Waals surface area contributed by atoms with Crippen LogP contribution in [-0.2, 0) is 9.84 Å². The average Bonchev–Trinajstić information content (AvgIpc) is 2.50. The van der Waals surface area contributed by atoms with Crippen molar-refractivity contribution in [3.05, 3.63) is 53.5 Å². The zero-order chi connectivity index (χ0) is 12.8. The summed E-state index contributed by atoms with van der Waals surface area (Å²) in [5, 5.41) is -0.691. The van der Waals surface area contributed by atoms with E-state index in [4.69, 9.17) is 0 Å². The van der Waals surface area contributed by atoms with Crippen LogP contribution in [0, 0.1) is 0 Å². The SMILES string of the molecule is C=C1CC2C=C(Sc3ccccc3)C(C1)S2(=O)=O. The molecule has 1 fully saturated rings. The van der Waals surface area contributed by atoms with Crippen molar-refractivity contribution in [2.24, 2.45) is 0 Å². The molecule has 2 atom stereocenters. The molecule has 0 radical (unpaired) electrons. The van der Waals surface area contributed by atoms with E-state index in [0.717, 1.165) is 15.4 Å². The number of thioether (sulfide) groups is 1. The molecule has 2 aliphatic heterocycles. The van der Waals surface area contributed by atoms with Crippen LogP contribution < -0.4 is 0 Å². The molecule has 1 saturated heterocycles. The molecule has 2 nitrogen and oxygen atoms in total. The predicted molar refractivity (Wildman–Crippen MR) is 75.3 cm³/mol. The Morgan fingerprint density at radius 1 is 1.17 bits per heavy atom. The van der Waals surface area contributed by atoms with Crippen LogP contribution in [0.25, 0.3) is 0 Å². The predicted octanol–water partition coefficient (Wildman–Crippen LogP) is 3.18. The number of allylic oxidation sites excluding steroid dienone is 1. The smallest absolute Gasteiger partial charge is 0.164 e. The fourth-order valence-electron chi connectivity index (χ4n) is 2.50. The number of rotatable bonds is 2. The Kier molecular flexibility index (Phi) is 2.87. The van der Waals surface area contributed by atoms with Gasteiger partial charge in [0.25, 0.3) is 0 Å². The van der Waals surface area contributed by atoms with E-state index in [0.29, 0.717) is 12.8 Å². The number of fused-ring (bicyclic) bond motifs is 2. The van der Waals surface area contributed by atoms with Crippen molar-refractivity contribution in [2.75, 3.05) is 0 Å². The summed E-state index contributed by atoms with van der Waals surface area (Å²) in [5.74, 6) is 0. The maximum absolute atomic E-state index is 12.2. The summed E-state index contributed by atoms with van der Waals surface area (Å²) in [4.78, 5) is 2.07. The second-order valence-corrected chi connectivity index (χ2v) is 8.26. The molecule has 1 aromatic rings. The minimum absolute atomic E-state index is 0.338. The molecule has 1 aromatic carbocycles. The van der Waals surface area contributed by atoms with E-state index in [-0.39, 0.29) is 10.5 Å². The minimum Gasteiger partial charge on any atom is -0.228 e. The zero-order valence-electron chi connectivity index (χ0n) is 9.87. The lowest BCUT2D eigenvalue weighted by molar-refractivity contribution is 0.574. The van der Waals surface area contributed by atoms with Gasteiger partial charge in [0.1, 0.15) is 0 Å². The highest BCUT2D eigenvalue weighted by molar-refractivity contribution is 8.05. The van der Waals surface area contributed by atoms with E-state index in [1.165, 1.54) is 0 Å². The Morgan fingerprint density at radius 3 is 2.61 bits per heavy atom. The van der Waals surface area contributed by atoms with Gasteiger partial charge in [0.2, 0.25) is 0 Å². The molecule has 0 saturated carbocycles. The van der Waals surface area contributed by atoms with Crippen molar-refractivity contribution in [1.29, 1.82) is 0 Å². The van der Waals surface area contributed by atoms with Crippen LogP contribution >= 0.6 is 11.8 Å². The monoisotopic (exact) mass is 278 g/mol. The average molecular weight is 278 g/mol. The van der Waals surface area contributed by atoms with Gasteiger partial charge < -0.3 is 0 Å². The zero-order valence-corrected chi connectivity index (χ0v) is 11.5. The van der Waals surface area contributed by atoms with Crippen molar-refractivity contribution in [3.63, 3.8) is 0 Å². The van der Waals surface area contributed by atoms with Crippen LogP contribution in [0.2, 0.25) is 0 Å². The molecule has 2 heterocycles. The van der Waals surface area contributed by atoms with Gasteiger partial charge in [0.15, 0.2) is 9.84 Å². The fraction of sp³-hybridized carbons (Fsp3) is 0.286. The first-order valence-corrected chi connectivity index (χ1v) is 8.34. The Morgan fingerprint density at radius 2 is 1.89 bits per heavy atom. The van der Waals surface area contributed by atoms with Gasteiger partial charge in [0.05, 0.1) is 10.5 Å². The van der Waals surface area contributed by atoms with Crippen LogP contribution in [0.4, 0.5) is 0 Å². The molecule has 2 aliphatic rings. The highest BCUT2D eigenvalue weighted by atomic mass is 32.2. The van der Waals surface area contributed by atoms with Crippen LogP contribution in [0.3, 0.4) is 0 Å². The molecule has 2 unspecified atom stereocenters. The van der Waals surface area contributed by atoms with Crippen LogP contribution in [0.5, 0.6) is 0 Å². The molecule has 0 amide bonds. The lowest BCUT2D eigenvalue weighted by Crippen LogP contribution is -2.30. The summed E-state index contributed by atoms with van der Waals surface area (Å²) >= 11 is 1.57. The normalized spacial score (nSPS) is 29.1. The quantitative estimate of drug-likeness (QED) is 0.779. The largest absolute Gasteiger partial charge is 0.228 e. The van der Waals surface area contributed by atoms with Crippen molar-refractivity contribution in [2.45, 2.75) is 28.2 Å². The molecule has 0 aromatic heterocycles. The second-order valence-electron chi connectivity index (χ2n) is 4.76. The molecule has 4 heteroatoms.